The van der Waals surface area contributed by atoms with Gasteiger partial charge in [-0.2, -0.15) is 0 Å². The molecule has 0 aliphatic carbocycles. The number of hydrogen-bond acceptors (Lipinski definition) is 20. The molecule has 4 heterocycles. The summed E-state index contributed by atoms with van der Waals surface area (Å²) >= 11 is 0. The fourth-order valence-corrected chi connectivity index (χ4v) is 5.16. The van der Waals surface area contributed by atoms with Gasteiger partial charge in [0.15, 0.2) is 25.2 Å². The smallest absolute Gasteiger partial charge is 0.187 e. The average Bonchev–Trinajstić information content (AvgIpc) is 2.99. The molecule has 0 aromatic rings. The number of hydrogen-bond donors (Lipinski definition) is 13. The summed E-state index contributed by atoms with van der Waals surface area (Å²) in [7, 11) is 0. The molecule has 4 saturated heterocycles. The maximum atomic E-state index is 10.8. The van der Waals surface area contributed by atoms with E-state index in [4.69, 9.17) is 33.2 Å². The van der Waals surface area contributed by atoms with E-state index in [0.717, 1.165) is 0 Å². The molecule has 0 amide bonds. The van der Waals surface area contributed by atoms with Crippen LogP contribution >= 0.6 is 0 Å². The summed E-state index contributed by atoms with van der Waals surface area (Å²) in [5.74, 6) is 0. The number of aliphatic hydroxyl groups excluding tert-OH is 13. The first-order chi connectivity index (χ1) is 20.3. The van der Waals surface area contributed by atoms with Gasteiger partial charge in [-0.15, -0.1) is 0 Å². The molecule has 1 unspecified atom stereocenters. The Morgan fingerprint density at radius 1 is 0.488 bits per heavy atom. The van der Waals surface area contributed by atoms with Crippen molar-refractivity contribution in [2.24, 2.45) is 0 Å². The standard InChI is InChI=1S/C23H40O20/c24-1-6-18(12(30)14(32)20(36)39-6)42-23-17(35)13(31)19(7(2-25)40-23)43-22-16(34)11(29)10(28)8(41-22)4-38-21-15(33)9(27)5(26)3-37-21/h5-36H,1-4H2/t5-,6-,7-,8-,9+,10-,11+,12-,13-,14-,15-,16-,17-,18-,19-,20?,21-,22+,23+/m1/s1. The SMILES string of the molecule is OC[C@H]1O[C@@H](O[C@H]2[C@H](O)[C@@H](O)C(O)O[C@@H]2CO)[C@H](O)[C@@H](O)[C@@H]1O[C@@H]1O[C@H](CO[C@H]2OC[C@@H](O)[C@H](O)[C@H]2O)[C@@H](O)[C@H](O)[C@H]1O. The zero-order valence-electron chi connectivity index (χ0n) is 22.5. The Labute approximate surface area is 243 Å². The Hall–Kier alpha value is -0.800. The van der Waals surface area contributed by atoms with Crippen LogP contribution in [0, 0.1) is 0 Å². The summed E-state index contributed by atoms with van der Waals surface area (Å²) in [5.41, 5.74) is 0. The molecule has 19 atom stereocenters. The summed E-state index contributed by atoms with van der Waals surface area (Å²) in [6.07, 6.45) is -32.5. The van der Waals surface area contributed by atoms with Gasteiger partial charge in [-0.1, -0.05) is 0 Å². The number of aliphatic hydroxyl groups is 13. The van der Waals surface area contributed by atoms with Crippen LogP contribution in [0.5, 0.6) is 0 Å². The van der Waals surface area contributed by atoms with Gasteiger partial charge in [0.05, 0.1) is 26.4 Å². The van der Waals surface area contributed by atoms with E-state index in [1.54, 1.807) is 0 Å². The van der Waals surface area contributed by atoms with Crippen molar-refractivity contribution in [3.63, 3.8) is 0 Å². The Morgan fingerprint density at radius 3 is 1.56 bits per heavy atom. The van der Waals surface area contributed by atoms with Gasteiger partial charge in [0.25, 0.3) is 0 Å². The number of ether oxygens (including phenoxy) is 7. The Balaban J connectivity index is 1.41. The zero-order chi connectivity index (χ0) is 31.7. The molecule has 20 heteroatoms. The summed E-state index contributed by atoms with van der Waals surface area (Å²) in [6, 6.07) is 0. The van der Waals surface area contributed by atoms with E-state index in [1.165, 1.54) is 0 Å². The van der Waals surface area contributed by atoms with Crippen LogP contribution in [0.25, 0.3) is 0 Å². The van der Waals surface area contributed by atoms with Gasteiger partial charge in [-0.25, -0.2) is 0 Å². The van der Waals surface area contributed by atoms with Crippen molar-refractivity contribution in [3.05, 3.63) is 0 Å². The largest absolute Gasteiger partial charge is 0.394 e. The van der Waals surface area contributed by atoms with E-state index in [1.807, 2.05) is 0 Å². The van der Waals surface area contributed by atoms with Gasteiger partial charge in [0.1, 0.15) is 91.6 Å². The minimum absolute atomic E-state index is 0.380. The molecule has 4 aliphatic rings. The lowest BCUT2D eigenvalue weighted by molar-refractivity contribution is -0.379. The van der Waals surface area contributed by atoms with Gasteiger partial charge in [-0.05, 0) is 0 Å². The van der Waals surface area contributed by atoms with E-state index >= 15 is 0 Å². The highest BCUT2D eigenvalue weighted by Gasteiger charge is 2.53. The van der Waals surface area contributed by atoms with Crippen molar-refractivity contribution in [1.29, 1.82) is 0 Å². The molecule has 252 valence electrons. The Morgan fingerprint density at radius 2 is 0.977 bits per heavy atom. The Bertz CT molecular complexity index is 867. The predicted octanol–water partition coefficient (Wildman–Crippen LogP) is -9.11. The minimum Gasteiger partial charge on any atom is -0.394 e. The molecule has 13 N–H and O–H groups in total. The maximum absolute atomic E-state index is 10.8. The normalized spacial score (nSPS) is 53.1. The van der Waals surface area contributed by atoms with E-state index in [-0.39, 0.29) is 6.61 Å². The second-order valence-corrected chi connectivity index (χ2v) is 10.7. The number of rotatable bonds is 9. The molecular weight excluding hydrogens is 596 g/mol. The van der Waals surface area contributed by atoms with Gasteiger partial charge in [0, 0.05) is 0 Å². The van der Waals surface area contributed by atoms with Gasteiger partial charge < -0.3 is 99.5 Å². The fraction of sp³-hybridized carbons (Fsp3) is 1.00. The molecule has 0 spiro atoms. The quantitative estimate of drug-likeness (QED) is 0.112. The summed E-state index contributed by atoms with van der Waals surface area (Å²) < 4.78 is 37.4. The first-order valence-electron chi connectivity index (χ1n) is 13.5. The second kappa shape index (κ2) is 14.7. The summed E-state index contributed by atoms with van der Waals surface area (Å²) in [6.45, 7) is -2.65. The summed E-state index contributed by atoms with van der Waals surface area (Å²) in [4.78, 5) is 0. The van der Waals surface area contributed by atoms with Crippen molar-refractivity contribution < 1.29 is 99.5 Å². The van der Waals surface area contributed by atoms with Gasteiger partial charge in [-0.3, -0.25) is 0 Å². The molecule has 4 aliphatic heterocycles. The molecule has 20 nitrogen and oxygen atoms in total. The highest BCUT2D eigenvalue weighted by Crippen LogP contribution is 2.32. The van der Waals surface area contributed by atoms with Crippen molar-refractivity contribution in [2.75, 3.05) is 26.4 Å². The van der Waals surface area contributed by atoms with Gasteiger partial charge in [0.2, 0.25) is 0 Å². The summed E-state index contributed by atoms with van der Waals surface area (Å²) in [5, 5.41) is 132. The predicted molar refractivity (Wildman–Crippen MR) is 128 cm³/mol. The lowest BCUT2D eigenvalue weighted by atomic mass is 9.96. The van der Waals surface area contributed by atoms with Crippen LogP contribution in [0.4, 0.5) is 0 Å². The van der Waals surface area contributed by atoms with Crippen LogP contribution in [0.15, 0.2) is 0 Å². The molecule has 0 saturated carbocycles. The van der Waals surface area contributed by atoms with E-state index < -0.39 is 137 Å². The minimum atomic E-state index is -1.98. The first kappa shape index (κ1) is 35.1. The molecule has 4 rings (SSSR count). The maximum Gasteiger partial charge on any atom is 0.187 e. The molecule has 0 radical (unpaired) electrons. The molecule has 0 aromatic carbocycles. The first-order valence-corrected chi connectivity index (χ1v) is 13.5. The van der Waals surface area contributed by atoms with Crippen LogP contribution < -0.4 is 0 Å². The molecular formula is C23H40O20. The van der Waals surface area contributed by atoms with Crippen molar-refractivity contribution in [2.45, 2.75) is 117 Å². The van der Waals surface area contributed by atoms with Crippen LogP contribution in [-0.2, 0) is 33.2 Å². The second-order valence-electron chi connectivity index (χ2n) is 10.7. The van der Waals surface area contributed by atoms with Gasteiger partial charge >= 0.3 is 0 Å². The lowest BCUT2D eigenvalue weighted by Crippen LogP contribution is -2.66. The average molecular weight is 637 g/mol. The fourth-order valence-electron chi connectivity index (χ4n) is 5.16. The van der Waals surface area contributed by atoms with Crippen molar-refractivity contribution >= 4 is 0 Å². The van der Waals surface area contributed by atoms with E-state index in [9.17, 15) is 66.4 Å². The Kier molecular flexibility index (Phi) is 12.0. The highest BCUT2D eigenvalue weighted by atomic mass is 16.8. The molecule has 4 fully saturated rings. The molecule has 43 heavy (non-hydrogen) atoms. The van der Waals surface area contributed by atoms with Crippen LogP contribution in [0.1, 0.15) is 0 Å². The van der Waals surface area contributed by atoms with E-state index in [0.29, 0.717) is 0 Å². The third-order valence-corrected chi connectivity index (χ3v) is 7.79. The highest BCUT2D eigenvalue weighted by molar-refractivity contribution is 4.96. The third-order valence-electron chi connectivity index (χ3n) is 7.79. The zero-order valence-corrected chi connectivity index (χ0v) is 22.5. The van der Waals surface area contributed by atoms with Crippen molar-refractivity contribution in [1.82, 2.24) is 0 Å². The third kappa shape index (κ3) is 7.29. The van der Waals surface area contributed by atoms with Crippen LogP contribution in [0.3, 0.4) is 0 Å². The van der Waals surface area contributed by atoms with Crippen molar-refractivity contribution in [3.8, 4) is 0 Å². The van der Waals surface area contributed by atoms with Crippen LogP contribution in [-0.4, -0.2) is 210 Å². The lowest BCUT2D eigenvalue weighted by Gasteiger charge is -2.48. The van der Waals surface area contributed by atoms with Crippen LogP contribution in [0.2, 0.25) is 0 Å². The molecule has 0 aromatic heterocycles. The van der Waals surface area contributed by atoms with E-state index in [2.05, 4.69) is 0 Å². The molecule has 0 bridgehead atoms. The topological polar surface area (TPSA) is 328 Å². The monoisotopic (exact) mass is 636 g/mol.